The van der Waals surface area contributed by atoms with Crippen LogP contribution in [0.25, 0.3) is 0 Å². The highest BCUT2D eigenvalue weighted by Gasteiger charge is 2.68. The maximum atomic E-state index is 14.3. The average molecular weight is 546 g/mol. The number of halogens is 1. The highest BCUT2D eigenvalue weighted by molar-refractivity contribution is 6.30. The van der Waals surface area contributed by atoms with Crippen LogP contribution in [-0.2, 0) is 15.0 Å². The Hall–Kier alpha value is -4.55. The fourth-order valence-corrected chi connectivity index (χ4v) is 6.98. The van der Waals surface area contributed by atoms with Gasteiger partial charge in [-0.1, -0.05) is 77.8 Å². The van der Waals surface area contributed by atoms with Crippen molar-refractivity contribution in [2.75, 3.05) is 4.90 Å². The quantitative estimate of drug-likeness (QED) is 0.205. The number of hydrazone groups is 1. The smallest absolute Gasteiger partial charge is 0.271 e. The first-order valence-corrected chi connectivity index (χ1v) is 13.5. The Morgan fingerprint density at radius 3 is 2.08 bits per heavy atom. The van der Waals surface area contributed by atoms with E-state index in [0.717, 1.165) is 27.8 Å². The minimum atomic E-state index is -1.05. The van der Waals surface area contributed by atoms with Crippen molar-refractivity contribution in [1.82, 2.24) is 5.43 Å². The van der Waals surface area contributed by atoms with Gasteiger partial charge in [0.2, 0.25) is 11.8 Å². The molecule has 4 aliphatic rings. The summed E-state index contributed by atoms with van der Waals surface area (Å²) in [5, 5.41) is 4.98. The number of hydrogen-bond acceptors (Lipinski definition) is 4. The van der Waals surface area contributed by atoms with E-state index in [4.69, 9.17) is 11.6 Å². The third-order valence-electron chi connectivity index (χ3n) is 8.52. The van der Waals surface area contributed by atoms with Gasteiger partial charge in [-0.2, -0.15) is 5.10 Å². The van der Waals surface area contributed by atoms with E-state index in [1.165, 1.54) is 4.90 Å². The molecule has 0 aromatic heterocycles. The van der Waals surface area contributed by atoms with Gasteiger partial charge in [0.15, 0.2) is 0 Å². The molecular formula is C33H24ClN3O3. The van der Waals surface area contributed by atoms with E-state index in [-0.39, 0.29) is 17.7 Å². The maximum absolute atomic E-state index is 14.3. The van der Waals surface area contributed by atoms with Crippen molar-refractivity contribution in [2.24, 2.45) is 16.9 Å². The first kappa shape index (κ1) is 24.5. The van der Waals surface area contributed by atoms with Crippen LogP contribution in [0.1, 0.15) is 44.1 Å². The molecule has 3 amide bonds. The van der Waals surface area contributed by atoms with E-state index >= 15 is 0 Å². The normalized spacial score (nSPS) is 24.1. The zero-order valence-corrected chi connectivity index (χ0v) is 22.3. The zero-order valence-electron chi connectivity index (χ0n) is 21.5. The summed E-state index contributed by atoms with van der Waals surface area (Å²) in [6.07, 6.45) is 1.66. The SMILES string of the molecule is Cc1ccc(N2C(=O)[C@@H]3C4c5ccccc5C(/C=N\NC(=O)c5ccc(Cl)cc5)(c5ccccc54)[C@H]3C2=O)cc1. The molecule has 3 aliphatic carbocycles. The lowest BCUT2D eigenvalue weighted by Crippen LogP contribution is -2.54. The molecule has 0 saturated carbocycles. The molecule has 7 heteroatoms. The minimum absolute atomic E-state index is 0.212. The number of carbonyl (C=O) groups excluding carboxylic acids is 3. The molecule has 0 spiro atoms. The van der Waals surface area contributed by atoms with Crippen LogP contribution in [0.2, 0.25) is 5.02 Å². The van der Waals surface area contributed by atoms with Crippen LogP contribution >= 0.6 is 11.6 Å². The molecule has 196 valence electrons. The Labute approximate surface area is 236 Å². The summed E-state index contributed by atoms with van der Waals surface area (Å²) in [6, 6.07) is 29.9. The Balaban J connectivity index is 1.39. The standard InChI is InChI=1S/C33H24ClN3O3/c1-19-10-16-22(17-11-19)37-31(39)28-27-23-6-2-4-8-25(23)33(29(28)32(37)40,26-9-5-3-7-24(26)27)18-35-36-30(38)20-12-14-21(34)15-13-20/h2-18,27-29H,1H3,(H,36,38)/b35-18-/t27?,28-,29-,33?/m1/s1. The molecule has 4 aromatic carbocycles. The second-order valence-electron chi connectivity index (χ2n) is 10.6. The lowest BCUT2D eigenvalue weighted by atomic mass is 9.47. The van der Waals surface area contributed by atoms with Crippen LogP contribution in [0.15, 0.2) is 102 Å². The Bertz CT molecular complexity index is 1680. The van der Waals surface area contributed by atoms with E-state index in [2.05, 4.69) is 10.5 Å². The molecule has 4 aromatic rings. The third kappa shape index (κ3) is 3.36. The van der Waals surface area contributed by atoms with Gasteiger partial charge >= 0.3 is 0 Å². The maximum Gasteiger partial charge on any atom is 0.271 e. The second-order valence-corrected chi connectivity index (χ2v) is 11.0. The monoisotopic (exact) mass is 545 g/mol. The van der Waals surface area contributed by atoms with Crippen LogP contribution in [-0.4, -0.2) is 23.9 Å². The van der Waals surface area contributed by atoms with Crippen molar-refractivity contribution < 1.29 is 14.4 Å². The van der Waals surface area contributed by atoms with Gasteiger partial charge in [-0.3, -0.25) is 14.4 Å². The van der Waals surface area contributed by atoms with Crippen molar-refractivity contribution in [2.45, 2.75) is 18.3 Å². The number of amides is 3. The summed E-state index contributed by atoms with van der Waals surface area (Å²) in [5.41, 5.74) is 7.46. The van der Waals surface area contributed by atoms with Gasteiger partial charge in [-0.15, -0.1) is 0 Å². The van der Waals surface area contributed by atoms with Crippen molar-refractivity contribution in [1.29, 1.82) is 0 Å². The van der Waals surface area contributed by atoms with E-state index in [1.54, 1.807) is 30.5 Å². The minimum Gasteiger partial charge on any atom is -0.274 e. The van der Waals surface area contributed by atoms with Crippen LogP contribution in [0.3, 0.4) is 0 Å². The lowest BCUT2D eigenvalue weighted by Gasteiger charge is -2.52. The lowest BCUT2D eigenvalue weighted by molar-refractivity contribution is -0.122. The number of carbonyl (C=O) groups is 3. The van der Waals surface area contributed by atoms with E-state index in [1.807, 2.05) is 79.7 Å². The Kier molecular flexibility index (Phi) is 5.51. The molecule has 0 radical (unpaired) electrons. The number of rotatable bonds is 4. The number of nitrogens with one attached hydrogen (secondary N) is 1. The molecule has 2 atom stereocenters. The van der Waals surface area contributed by atoms with Crippen molar-refractivity contribution >= 4 is 41.2 Å². The molecule has 1 heterocycles. The number of hydrogen-bond donors (Lipinski definition) is 1. The summed E-state index contributed by atoms with van der Waals surface area (Å²) in [4.78, 5) is 42.8. The Morgan fingerprint density at radius 1 is 0.850 bits per heavy atom. The van der Waals surface area contributed by atoms with Crippen LogP contribution in [0.4, 0.5) is 5.69 Å². The van der Waals surface area contributed by atoms with Gasteiger partial charge in [0, 0.05) is 22.7 Å². The van der Waals surface area contributed by atoms with Gasteiger partial charge in [-0.25, -0.2) is 10.3 Å². The topological polar surface area (TPSA) is 78.8 Å². The second kappa shape index (κ2) is 9.00. The van der Waals surface area contributed by atoms with Crippen LogP contribution in [0.5, 0.6) is 0 Å². The molecule has 0 unspecified atom stereocenters. The predicted octanol–water partition coefficient (Wildman–Crippen LogP) is 5.62. The number of imide groups is 1. The van der Waals surface area contributed by atoms with Gasteiger partial charge in [-0.05, 0) is 65.6 Å². The summed E-state index contributed by atoms with van der Waals surface area (Å²) >= 11 is 5.98. The molecule has 2 bridgehead atoms. The van der Waals surface area contributed by atoms with Crippen molar-refractivity contribution in [3.8, 4) is 0 Å². The summed E-state index contributed by atoms with van der Waals surface area (Å²) in [6.45, 7) is 1.97. The molecule has 1 fully saturated rings. The number of nitrogens with zero attached hydrogens (tertiary/aromatic N) is 2. The summed E-state index contributed by atoms with van der Waals surface area (Å²) in [5.74, 6) is -2.45. The predicted molar refractivity (Wildman–Crippen MR) is 154 cm³/mol. The molecule has 6 nitrogen and oxygen atoms in total. The first-order chi connectivity index (χ1) is 19.4. The number of aryl methyl sites for hydroxylation is 1. The summed E-state index contributed by atoms with van der Waals surface area (Å²) < 4.78 is 0. The number of anilines is 1. The van der Waals surface area contributed by atoms with Gasteiger partial charge < -0.3 is 0 Å². The highest BCUT2D eigenvalue weighted by atomic mass is 35.5. The average Bonchev–Trinajstić information content (AvgIpc) is 3.24. The van der Waals surface area contributed by atoms with Gasteiger partial charge in [0.25, 0.3) is 5.91 Å². The van der Waals surface area contributed by atoms with Gasteiger partial charge in [0.05, 0.1) is 22.9 Å². The number of benzene rings is 4. The molecule has 1 aliphatic heterocycles. The fourth-order valence-electron chi connectivity index (χ4n) is 6.86. The Morgan fingerprint density at radius 2 is 1.45 bits per heavy atom. The molecule has 8 rings (SSSR count). The van der Waals surface area contributed by atoms with E-state index < -0.39 is 23.2 Å². The van der Waals surface area contributed by atoms with Crippen LogP contribution in [0, 0.1) is 18.8 Å². The zero-order chi connectivity index (χ0) is 27.6. The largest absolute Gasteiger partial charge is 0.274 e. The van der Waals surface area contributed by atoms with Crippen molar-refractivity contribution in [3.63, 3.8) is 0 Å². The molecule has 1 saturated heterocycles. The van der Waals surface area contributed by atoms with Gasteiger partial charge in [0.1, 0.15) is 0 Å². The molecular weight excluding hydrogens is 522 g/mol. The van der Waals surface area contributed by atoms with E-state index in [9.17, 15) is 14.4 Å². The highest BCUT2D eigenvalue weighted by Crippen LogP contribution is 2.63. The molecule has 1 N–H and O–H groups in total. The fraction of sp³-hybridized carbons (Fsp3) is 0.152. The summed E-state index contributed by atoms with van der Waals surface area (Å²) in [7, 11) is 0. The van der Waals surface area contributed by atoms with E-state index in [0.29, 0.717) is 16.3 Å². The third-order valence-corrected chi connectivity index (χ3v) is 8.77. The van der Waals surface area contributed by atoms with Crippen molar-refractivity contribution in [3.05, 3.63) is 135 Å². The molecule has 40 heavy (non-hydrogen) atoms. The van der Waals surface area contributed by atoms with Crippen LogP contribution < -0.4 is 10.3 Å². The first-order valence-electron chi connectivity index (χ1n) is 13.2.